The molecule has 174 valence electrons. The lowest BCUT2D eigenvalue weighted by Gasteiger charge is -2.27. The van der Waals surface area contributed by atoms with E-state index < -0.39 is 10.0 Å². The van der Waals surface area contributed by atoms with Crippen molar-refractivity contribution in [1.82, 2.24) is 5.32 Å². The van der Waals surface area contributed by atoms with Gasteiger partial charge in [-0.25, -0.2) is 8.42 Å². The fourth-order valence-electron chi connectivity index (χ4n) is 4.01. The van der Waals surface area contributed by atoms with Crippen LogP contribution in [-0.2, 0) is 14.8 Å². The van der Waals surface area contributed by atoms with Crippen molar-refractivity contribution in [2.24, 2.45) is 0 Å². The van der Waals surface area contributed by atoms with Gasteiger partial charge in [-0.1, -0.05) is 50.3 Å². The molecule has 1 aliphatic rings. The van der Waals surface area contributed by atoms with E-state index in [0.29, 0.717) is 11.5 Å². The van der Waals surface area contributed by atoms with Gasteiger partial charge in [0.2, 0.25) is 5.91 Å². The first-order chi connectivity index (χ1) is 15.5. The zero-order valence-electron chi connectivity index (χ0n) is 18.7. The van der Waals surface area contributed by atoms with E-state index in [1.807, 2.05) is 0 Å². The molecule has 1 aliphatic carbocycles. The van der Waals surface area contributed by atoms with Gasteiger partial charge in [0.15, 0.2) is 0 Å². The second-order valence-electron chi connectivity index (χ2n) is 7.97. The van der Waals surface area contributed by atoms with E-state index in [2.05, 4.69) is 5.32 Å². The van der Waals surface area contributed by atoms with E-state index in [9.17, 15) is 13.2 Å². The van der Waals surface area contributed by atoms with Crippen LogP contribution in [0.2, 0.25) is 0 Å². The Labute approximate surface area is 190 Å². The summed E-state index contributed by atoms with van der Waals surface area (Å²) in [6.07, 6.45) is 7.56. The average Bonchev–Trinajstić information content (AvgIpc) is 2.79. The van der Waals surface area contributed by atoms with E-state index in [1.165, 1.54) is 45.6 Å². The summed E-state index contributed by atoms with van der Waals surface area (Å²) in [7, 11) is -1.02. The molecule has 8 heteroatoms. The minimum Gasteiger partial charge on any atom is -0.497 e. The number of methoxy groups -OCH3 is 2. The van der Waals surface area contributed by atoms with E-state index in [1.54, 1.807) is 36.4 Å². The van der Waals surface area contributed by atoms with Crippen LogP contribution in [0.4, 0.5) is 5.69 Å². The van der Waals surface area contributed by atoms with Crippen LogP contribution in [0.5, 0.6) is 11.5 Å². The van der Waals surface area contributed by atoms with Crippen LogP contribution >= 0.6 is 0 Å². The number of hydrogen-bond acceptors (Lipinski definition) is 5. The molecular weight excluding hydrogens is 428 g/mol. The van der Waals surface area contributed by atoms with Crippen LogP contribution in [0.1, 0.15) is 44.9 Å². The number of anilines is 1. The Morgan fingerprint density at radius 3 is 2.25 bits per heavy atom. The monoisotopic (exact) mass is 460 g/mol. The summed E-state index contributed by atoms with van der Waals surface area (Å²) in [5.41, 5.74) is 0.282. The van der Waals surface area contributed by atoms with Gasteiger partial charge in [0.05, 0.1) is 24.8 Å². The van der Waals surface area contributed by atoms with E-state index in [4.69, 9.17) is 9.47 Å². The smallest absolute Gasteiger partial charge is 0.264 e. The molecule has 0 aliphatic heterocycles. The highest BCUT2D eigenvalue weighted by Gasteiger charge is 2.30. The lowest BCUT2D eigenvalue weighted by molar-refractivity contribution is -0.120. The van der Waals surface area contributed by atoms with Crippen molar-refractivity contribution in [2.75, 3.05) is 25.1 Å². The summed E-state index contributed by atoms with van der Waals surface area (Å²) < 4.78 is 38.9. The number of benzene rings is 2. The molecule has 0 heterocycles. The summed E-state index contributed by atoms with van der Waals surface area (Å²) in [4.78, 5) is 13.1. The van der Waals surface area contributed by atoms with Gasteiger partial charge >= 0.3 is 0 Å². The number of amides is 1. The molecule has 0 saturated heterocycles. The molecule has 32 heavy (non-hydrogen) atoms. The second-order valence-corrected chi connectivity index (χ2v) is 9.83. The zero-order valence-corrected chi connectivity index (χ0v) is 19.6. The first-order valence-corrected chi connectivity index (χ1v) is 12.5. The minimum atomic E-state index is -4.00. The fraction of sp³-hybridized carbons (Fsp3) is 0.458. The number of ether oxygens (including phenoxy) is 2. The van der Waals surface area contributed by atoms with Gasteiger partial charge in [0, 0.05) is 12.1 Å². The highest BCUT2D eigenvalue weighted by molar-refractivity contribution is 7.92. The van der Waals surface area contributed by atoms with Crippen LogP contribution in [-0.4, -0.2) is 41.1 Å². The van der Waals surface area contributed by atoms with E-state index >= 15 is 0 Å². The maximum Gasteiger partial charge on any atom is 0.264 e. The second kappa shape index (κ2) is 11.2. The van der Waals surface area contributed by atoms with Crippen LogP contribution in [0.15, 0.2) is 53.4 Å². The number of hydrogen-bond donors (Lipinski definition) is 1. The normalized spacial score (nSPS) is 15.3. The number of carbonyl (C=O) groups is 1. The van der Waals surface area contributed by atoms with E-state index in [0.717, 1.165) is 30.0 Å². The third-order valence-electron chi connectivity index (χ3n) is 5.74. The highest BCUT2D eigenvalue weighted by atomic mass is 32.2. The Morgan fingerprint density at radius 2 is 1.62 bits per heavy atom. The predicted molar refractivity (Wildman–Crippen MR) is 125 cm³/mol. The predicted octanol–water partition coefficient (Wildman–Crippen LogP) is 4.13. The van der Waals surface area contributed by atoms with Crippen LogP contribution < -0.4 is 19.1 Å². The molecule has 7 nitrogen and oxygen atoms in total. The summed E-state index contributed by atoms with van der Waals surface area (Å²) in [5, 5.41) is 3.06. The number of rotatable bonds is 8. The summed E-state index contributed by atoms with van der Waals surface area (Å²) in [6.45, 7) is -0.337. The summed E-state index contributed by atoms with van der Waals surface area (Å²) in [6, 6.07) is 13.0. The summed E-state index contributed by atoms with van der Waals surface area (Å²) in [5.74, 6) is 0.511. The molecule has 1 N–H and O–H groups in total. The molecule has 1 amide bonds. The lowest BCUT2D eigenvalue weighted by atomic mass is 9.97. The standard InChI is InChI=1S/C24H32N2O5S/c1-30-20-15-16-22(23(17-20)31-2)26(32(28,29)21-13-9-6-10-14-21)18-24(27)25-19-11-7-4-3-5-8-12-19/h6,9-10,13-17,19H,3-5,7-8,11-12,18H2,1-2H3,(H,25,27). The van der Waals surface area contributed by atoms with Gasteiger partial charge in [-0.3, -0.25) is 9.10 Å². The molecule has 0 spiro atoms. The Bertz CT molecular complexity index is 987. The quantitative estimate of drug-likeness (QED) is 0.640. The first kappa shape index (κ1) is 23.9. The number of carbonyl (C=O) groups excluding carboxylic acids is 1. The van der Waals surface area contributed by atoms with Gasteiger partial charge in [0.1, 0.15) is 18.0 Å². The number of nitrogens with zero attached hydrogens (tertiary/aromatic N) is 1. The minimum absolute atomic E-state index is 0.0712. The molecule has 0 radical (unpaired) electrons. The Kier molecular flexibility index (Phi) is 8.39. The molecular formula is C24H32N2O5S. The van der Waals surface area contributed by atoms with Gasteiger partial charge in [0.25, 0.3) is 10.0 Å². The van der Waals surface area contributed by atoms with Crippen LogP contribution in [0, 0.1) is 0 Å². The summed E-state index contributed by atoms with van der Waals surface area (Å²) >= 11 is 0. The van der Waals surface area contributed by atoms with Crippen LogP contribution in [0.3, 0.4) is 0 Å². The molecule has 3 rings (SSSR count). The first-order valence-electron chi connectivity index (χ1n) is 11.0. The Balaban J connectivity index is 1.91. The Morgan fingerprint density at radius 1 is 0.969 bits per heavy atom. The molecule has 2 aromatic rings. The largest absolute Gasteiger partial charge is 0.497 e. The number of nitrogens with one attached hydrogen (secondary N) is 1. The molecule has 0 unspecified atom stereocenters. The van der Waals surface area contributed by atoms with Crippen molar-refractivity contribution in [3.63, 3.8) is 0 Å². The maximum atomic E-state index is 13.5. The lowest BCUT2D eigenvalue weighted by Crippen LogP contribution is -2.44. The van der Waals surface area contributed by atoms with Gasteiger partial charge in [-0.2, -0.15) is 0 Å². The van der Waals surface area contributed by atoms with Crippen molar-refractivity contribution in [1.29, 1.82) is 0 Å². The molecule has 0 bridgehead atoms. The third-order valence-corrected chi connectivity index (χ3v) is 7.52. The zero-order chi connectivity index (χ0) is 23.0. The average molecular weight is 461 g/mol. The third kappa shape index (κ3) is 5.94. The van der Waals surface area contributed by atoms with Gasteiger partial charge < -0.3 is 14.8 Å². The fourth-order valence-corrected chi connectivity index (χ4v) is 5.47. The van der Waals surface area contributed by atoms with Crippen molar-refractivity contribution in [2.45, 2.75) is 55.9 Å². The molecule has 0 aromatic heterocycles. The van der Waals surface area contributed by atoms with Crippen LogP contribution in [0.25, 0.3) is 0 Å². The molecule has 0 atom stereocenters. The SMILES string of the molecule is COc1ccc(N(CC(=O)NC2CCCCCCC2)S(=O)(=O)c2ccccc2)c(OC)c1. The van der Waals surface area contributed by atoms with Crippen molar-refractivity contribution >= 4 is 21.6 Å². The van der Waals surface area contributed by atoms with Gasteiger partial charge in [-0.15, -0.1) is 0 Å². The van der Waals surface area contributed by atoms with Crippen molar-refractivity contribution in [3.8, 4) is 11.5 Å². The Hall–Kier alpha value is -2.74. The van der Waals surface area contributed by atoms with Gasteiger partial charge in [-0.05, 0) is 37.1 Å². The maximum absolute atomic E-state index is 13.5. The molecule has 1 saturated carbocycles. The van der Waals surface area contributed by atoms with Crippen molar-refractivity contribution < 1.29 is 22.7 Å². The van der Waals surface area contributed by atoms with Crippen molar-refractivity contribution in [3.05, 3.63) is 48.5 Å². The number of sulfonamides is 1. The molecule has 2 aromatic carbocycles. The highest BCUT2D eigenvalue weighted by Crippen LogP contribution is 2.35. The van der Waals surface area contributed by atoms with E-state index in [-0.39, 0.29) is 29.1 Å². The topological polar surface area (TPSA) is 84.9 Å². The molecule has 1 fully saturated rings.